The van der Waals surface area contributed by atoms with Crippen LogP contribution in [-0.4, -0.2) is 48.4 Å². The van der Waals surface area contributed by atoms with Crippen LogP contribution < -0.4 is 15.5 Å². The predicted octanol–water partition coefficient (Wildman–Crippen LogP) is 1.16. The summed E-state index contributed by atoms with van der Waals surface area (Å²) in [5.41, 5.74) is 1.69. The van der Waals surface area contributed by atoms with Crippen LogP contribution in [0.1, 0.15) is 23.1 Å². The van der Waals surface area contributed by atoms with E-state index in [0.29, 0.717) is 6.42 Å². The summed E-state index contributed by atoms with van der Waals surface area (Å²) in [5.74, 6) is -0.00680. The Hall–Kier alpha value is -3.42. The number of pyridine rings is 1. The highest BCUT2D eigenvalue weighted by atomic mass is 16.2. The molecule has 4 rings (SSSR count). The Balaban J connectivity index is 1.45. The molecule has 2 aromatic rings. The van der Waals surface area contributed by atoms with Gasteiger partial charge in [-0.1, -0.05) is 30.3 Å². The third-order valence-corrected chi connectivity index (χ3v) is 5.49. The molecule has 8 nitrogen and oxygen atoms in total. The van der Waals surface area contributed by atoms with Crippen LogP contribution in [-0.2, 0) is 28.1 Å². The van der Waals surface area contributed by atoms with Crippen LogP contribution >= 0.6 is 0 Å². The number of carbonyl (C=O) groups is 3. The van der Waals surface area contributed by atoms with Crippen LogP contribution in [0.25, 0.3) is 0 Å². The molecule has 1 saturated heterocycles. The lowest BCUT2D eigenvalue weighted by Gasteiger charge is -2.22. The molecule has 1 aromatic carbocycles. The minimum Gasteiger partial charge on any atom is -0.362 e. The Kier molecular flexibility index (Phi) is 4.70. The first kappa shape index (κ1) is 18.9. The van der Waals surface area contributed by atoms with E-state index in [1.807, 2.05) is 49.3 Å². The van der Waals surface area contributed by atoms with Gasteiger partial charge in [0, 0.05) is 32.4 Å². The summed E-state index contributed by atoms with van der Waals surface area (Å²) in [7, 11) is 3.75. The largest absolute Gasteiger partial charge is 0.362 e. The SMILES string of the molecule is CN(C)c1ncccc1CNC(=O)CN1C(=O)NC2(CCc3ccccc32)C1=O. The lowest BCUT2D eigenvalue weighted by Crippen LogP contribution is -2.43. The number of urea groups is 1. The smallest absolute Gasteiger partial charge is 0.325 e. The van der Waals surface area contributed by atoms with E-state index in [9.17, 15) is 14.4 Å². The van der Waals surface area contributed by atoms with Gasteiger partial charge >= 0.3 is 6.03 Å². The third-order valence-electron chi connectivity index (χ3n) is 5.49. The molecule has 1 aliphatic heterocycles. The second-order valence-electron chi connectivity index (χ2n) is 7.54. The maximum atomic E-state index is 13.1. The first-order valence-electron chi connectivity index (χ1n) is 9.53. The Labute approximate surface area is 168 Å². The minimum atomic E-state index is -1.05. The molecule has 2 heterocycles. The van der Waals surface area contributed by atoms with E-state index in [0.717, 1.165) is 33.8 Å². The van der Waals surface area contributed by atoms with E-state index in [1.165, 1.54) is 0 Å². The number of nitrogens with one attached hydrogen (secondary N) is 2. The number of anilines is 1. The van der Waals surface area contributed by atoms with Gasteiger partial charge in [0.1, 0.15) is 17.9 Å². The van der Waals surface area contributed by atoms with Crippen LogP contribution in [0, 0.1) is 0 Å². The van der Waals surface area contributed by atoms with Gasteiger partial charge in [0.05, 0.1) is 0 Å². The molecule has 0 bridgehead atoms. The fourth-order valence-electron chi connectivity index (χ4n) is 4.10. The molecular weight excluding hydrogens is 370 g/mol. The molecule has 1 fully saturated rings. The van der Waals surface area contributed by atoms with Crippen LogP contribution in [0.15, 0.2) is 42.6 Å². The quantitative estimate of drug-likeness (QED) is 0.744. The van der Waals surface area contributed by atoms with Gasteiger partial charge in [-0.3, -0.25) is 14.5 Å². The third kappa shape index (κ3) is 3.20. The number of carbonyl (C=O) groups excluding carboxylic acids is 3. The fourth-order valence-corrected chi connectivity index (χ4v) is 4.10. The molecule has 150 valence electrons. The molecule has 1 aromatic heterocycles. The summed E-state index contributed by atoms with van der Waals surface area (Å²) >= 11 is 0. The average Bonchev–Trinajstić information content (AvgIpc) is 3.20. The number of imide groups is 1. The van der Waals surface area contributed by atoms with E-state index >= 15 is 0 Å². The number of amides is 4. The highest BCUT2D eigenvalue weighted by Crippen LogP contribution is 2.41. The van der Waals surface area contributed by atoms with Gasteiger partial charge in [-0.05, 0) is 30.0 Å². The summed E-state index contributed by atoms with van der Waals surface area (Å²) in [6.07, 6.45) is 2.92. The van der Waals surface area contributed by atoms with Gasteiger partial charge in [-0.25, -0.2) is 9.78 Å². The second-order valence-corrected chi connectivity index (χ2v) is 7.54. The molecular formula is C21H23N5O3. The summed E-state index contributed by atoms with van der Waals surface area (Å²) in [6, 6.07) is 10.8. The normalized spacial score (nSPS) is 20.0. The molecule has 1 spiro atoms. The lowest BCUT2D eigenvalue weighted by atomic mass is 9.92. The number of hydrogen-bond acceptors (Lipinski definition) is 5. The molecule has 0 saturated carbocycles. The van der Waals surface area contributed by atoms with Crippen LogP contribution in [0.4, 0.5) is 10.6 Å². The zero-order chi connectivity index (χ0) is 20.6. The first-order valence-corrected chi connectivity index (χ1v) is 9.53. The van der Waals surface area contributed by atoms with Crippen molar-refractivity contribution < 1.29 is 14.4 Å². The molecule has 0 radical (unpaired) electrons. The number of benzene rings is 1. The highest BCUT2D eigenvalue weighted by Gasteiger charge is 2.55. The van der Waals surface area contributed by atoms with Crippen molar-refractivity contribution in [2.24, 2.45) is 0 Å². The molecule has 1 atom stereocenters. The topological polar surface area (TPSA) is 94.6 Å². The van der Waals surface area contributed by atoms with Crippen LogP contribution in [0.3, 0.4) is 0 Å². The summed E-state index contributed by atoms with van der Waals surface area (Å²) in [5, 5.41) is 5.61. The Morgan fingerprint density at radius 1 is 1.24 bits per heavy atom. The maximum absolute atomic E-state index is 13.1. The standard InChI is InChI=1S/C21H23N5O3/c1-25(2)18-15(7-5-11-22-18)12-23-17(27)13-26-19(28)21(24-20(26)29)10-9-14-6-3-4-8-16(14)21/h3-8,11H,9-10,12-13H2,1-2H3,(H,23,27)(H,24,29). The number of aromatic nitrogens is 1. The van der Waals surface area contributed by atoms with Crippen molar-refractivity contribution in [3.05, 3.63) is 59.3 Å². The Morgan fingerprint density at radius 2 is 2.03 bits per heavy atom. The number of nitrogens with zero attached hydrogens (tertiary/aromatic N) is 3. The van der Waals surface area contributed by atoms with E-state index in [2.05, 4.69) is 15.6 Å². The lowest BCUT2D eigenvalue weighted by molar-refractivity contribution is -0.135. The summed E-state index contributed by atoms with van der Waals surface area (Å²) in [4.78, 5) is 45.3. The van der Waals surface area contributed by atoms with Gasteiger partial charge in [-0.15, -0.1) is 0 Å². The van der Waals surface area contributed by atoms with Crippen molar-refractivity contribution in [2.75, 3.05) is 25.5 Å². The van der Waals surface area contributed by atoms with Crippen LogP contribution in [0.2, 0.25) is 0 Å². The van der Waals surface area contributed by atoms with Gasteiger partial charge in [0.25, 0.3) is 5.91 Å². The van der Waals surface area contributed by atoms with Crippen molar-refractivity contribution in [2.45, 2.75) is 24.9 Å². The maximum Gasteiger partial charge on any atom is 0.325 e. The number of fused-ring (bicyclic) bond motifs is 2. The summed E-state index contributed by atoms with van der Waals surface area (Å²) < 4.78 is 0. The zero-order valence-corrected chi connectivity index (χ0v) is 16.4. The van der Waals surface area contributed by atoms with Crippen molar-refractivity contribution in [3.63, 3.8) is 0 Å². The Morgan fingerprint density at radius 3 is 2.83 bits per heavy atom. The predicted molar refractivity (Wildman–Crippen MR) is 107 cm³/mol. The fraction of sp³-hybridized carbons (Fsp3) is 0.333. The molecule has 2 aliphatic rings. The van der Waals surface area contributed by atoms with Gasteiger partial charge in [0.2, 0.25) is 5.91 Å². The Bertz CT molecular complexity index is 990. The molecule has 4 amide bonds. The van der Waals surface area contributed by atoms with Gasteiger partial charge in [-0.2, -0.15) is 0 Å². The number of rotatable bonds is 5. The molecule has 1 unspecified atom stereocenters. The van der Waals surface area contributed by atoms with Crippen molar-refractivity contribution >= 4 is 23.7 Å². The van der Waals surface area contributed by atoms with Crippen molar-refractivity contribution in [1.82, 2.24) is 20.5 Å². The second kappa shape index (κ2) is 7.20. The highest BCUT2D eigenvalue weighted by molar-refractivity contribution is 6.09. The van der Waals surface area contributed by atoms with Crippen molar-refractivity contribution in [3.8, 4) is 0 Å². The van der Waals surface area contributed by atoms with E-state index in [4.69, 9.17) is 0 Å². The molecule has 2 N–H and O–H groups in total. The molecule has 29 heavy (non-hydrogen) atoms. The molecule has 8 heteroatoms. The summed E-state index contributed by atoms with van der Waals surface area (Å²) in [6.45, 7) is -0.0516. The van der Waals surface area contributed by atoms with Gasteiger partial charge in [0.15, 0.2) is 0 Å². The monoisotopic (exact) mass is 393 g/mol. The first-order chi connectivity index (χ1) is 13.9. The number of aryl methyl sites for hydroxylation is 1. The minimum absolute atomic E-state index is 0.262. The van der Waals surface area contributed by atoms with Crippen molar-refractivity contribution in [1.29, 1.82) is 0 Å². The van der Waals surface area contributed by atoms with Crippen LogP contribution in [0.5, 0.6) is 0 Å². The number of hydrogen-bond donors (Lipinski definition) is 2. The average molecular weight is 393 g/mol. The molecule has 1 aliphatic carbocycles. The van der Waals surface area contributed by atoms with E-state index in [-0.39, 0.29) is 19.0 Å². The van der Waals surface area contributed by atoms with Gasteiger partial charge < -0.3 is 15.5 Å². The van der Waals surface area contributed by atoms with E-state index in [1.54, 1.807) is 12.3 Å². The van der Waals surface area contributed by atoms with E-state index < -0.39 is 17.5 Å². The zero-order valence-electron chi connectivity index (χ0n) is 16.4.